The summed E-state index contributed by atoms with van der Waals surface area (Å²) < 4.78 is 4.87. The van der Waals surface area contributed by atoms with E-state index in [2.05, 4.69) is 5.32 Å². The van der Waals surface area contributed by atoms with E-state index in [4.69, 9.17) is 4.74 Å². The second-order valence-corrected chi connectivity index (χ2v) is 3.89. The van der Waals surface area contributed by atoms with Crippen molar-refractivity contribution in [1.82, 2.24) is 10.2 Å². The Kier molecular flexibility index (Phi) is 4.90. The average Bonchev–Trinajstić information content (AvgIpc) is 2.96. The highest BCUT2D eigenvalue weighted by molar-refractivity contribution is 5.77. The molecule has 0 unspecified atom stereocenters. The van der Waals surface area contributed by atoms with Gasteiger partial charge in [0.05, 0.1) is 13.2 Å². The Morgan fingerprint density at radius 3 is 2.86 bits per heavy atom. The molecule has 1 aliphatic rings. The number of hydrogen-bond acceptors (Lipinski definition) is 3. The molecule has 0 spiro atoms. The first-order valence-corrected chi connectivity index (χ1v) is 5.17. The molecule has 0 heterocycles. The summed E-state index contributed by atoms with van der Waals surface area (Å²) >= 11 is 0. The molecular formula is C10H20N2O2. The van der Waals surface area contributed by atoms with Crippen molar-refractivity contribution in [3.8, 4) is 0 Å². The van der Waals surface area contributed by atoms with E-state index >= 15 is 0 Å². The smallest absolute Gasteiger partial charge is 0.236 e. The van der Waals surface area contributed by atoms with Gasteiger partial charge in [0.2, 0.25) is 5.91 Å². The largest absolute Gasteiger partial charge is 0.383 e. The molecule has 4 heteroatoms. The van der Waals surface area contributed by atoms with Crippen molar-refractivity contribution in [2.75, 3.05) is 40.4 Å². The summed E-state index contributed by atoms with van der Waals surface area (Å²) in [5, 5.41) is 3.04. The number of ether oxygens (including phenoxy) is 1. The summed E-state index contributed by atoms with van der Waals surface area (Å²) in [5.74, 6) is 0.941. The van der Waals surface area contributed by atoms with E-state index in [0.717, 1.165) is 19.0 Å². The zero-order valence-corrected chi connectivity index (χ0v) is 9.08. The van der Waals surface area contributed by atoms with Gasteiger partial charge in [-0.1, -0.05) is 0 Å². The number of methoxy groups -OCH3 is 1. The first kappa shape index (κ1) is 11.5. The Labute approximate surface area is 85.6 Å². The Bertz CT molecular complexity index is 181. The summed E-state index contributed by atoms with van der Waals surface area (Å²) in [6.07, 6.45) is 2.57. The minimum absolute atomic E-state index is 0.174. The molecule has 1 fully saturated rings. The predicted molar refractivity (Wildman–Crippen MR) is 55.1 cm³/mol. The third-order valence-electron chi connectivity index (χ3n) is 2.41. The van der Waals surface area contributed by atoms with E-state index < -0.39 is 0 Å². The fraction of sp³-hybridized carbons (Fsp3) is 0.900. The van der Waals surface area contributed by atoms with Crippen LogP contribution in [-0.4, -0.2) is 51.2 Å². The molecule has 0 aromatic rings. The molecule has 1 rings (SSSR count). The number of nitrogens with zero attached hydrogens (tertiary/aromatic N) is 1. The first-order chi connectivity index (χ1) is 6.74. The van der Waals surface area contributed by atoms with Crippen LogP contribution in [0.4, 0.5) is 0 Å². The summed E-state index contributed by atoms with van der Waals surface area (Å²) in [4.78, 5) is 13.3. The van der Waals surface area contributed by atoms with Crippen LogP contribution in [0, 0.1) is 5.92 Å². The molecule has 82 valence electrons. The van der Waals surface area contributed by atoms with E-state index in [0.29, 0.717) is 13.2 Å². The van der Waals surface area contributed by atoms with Crippen molar-refractivity contribution in [2.24, 2.45) is 5.92 Å². The van der Waals surface area contributed by atoms with Crippen LogP contribution in [0.25, 0.3) is 0 Å². The predicted octanol–water partition coefficient (Wildman–Crippen LogP) is 0.0908. The quantitative estimate of drug-likeness (QED) is 0.592. The highest BCUT2D eigenvalue weighted by Gasteiger charge is 2.24. The number of rotatable bonds is 7. The van der Waals surface area contributed by atoms with Crippen LogP contribution in [-0.2, 0) is 9.53 Å². The first-order valence-electron chi connectivity index (χ1n) is 5.17. The number of nitrogens with one attached hydrogen (secondary N) is 1. The van der Waals surface area contributed by atoms with Gasteiger partial charge < -0.3 is 15.0 Å². The molecule has 0 radical (unpaired) electrons. The monoisotopic (exact) mass is 200 g/mol. The lowest BCUT2D eigenvalue weighted by atomic mass is 10.4. The fourth-order valence-electron chi connectivity index (χ4n) is 1.29. The molecule has 0 aromatic heterocycles. The van der Waals surface area contributed by atoms with Crippen molar-refractivity contribution in [3.05, 3.63) is 0 Å². The average molecular weight is 200 g/mol. The van der Waals surface area contributed by atoms with Crippen molar-refractivity contribution in [2.45, 2.75) is 12.8 Å². The van der Waals surface area contributed by atoms with Gasteiger partial charge in [-0.3, -0.25) is 4.79 Å². The zero-order chi connectivity index (χ0) is 10.4. The van der Waals surface area contributed by atoms with Crippen LogP contribution in [0.5, 0.6) is 0 Å². The van der Waals surface area contributed by atoms with Crippen LogP contribution >= 0.6 is 0 Å². The Balaban J connectivity index is 2.00. The summed E-state index contributed by atoms with van der Waals surface area (Å²) in [6, 6.07) is 0. The third-order valence-corrected chi connectivity index (χ3v) is 2.41. The SMILES string of the molecule is COCCNCC(=O)N(C)CC1CC1. The second-order valence-electron chi connectivity index (χ2n) is 3.89. The van der Waals surface area contributed by atoms with Crippen LogP contribution in [0.15, 0.2) is 0 Å². The van der Waals surface area contributed by atoms with Crippen molar-refractivity contribution in [3.63, 3.8) is 0 Å². The Morgan fingerprint density at radius 1 is 1.57 bits per heavy atom. The lowest BCUT2D eigenvalue weighted by Crippen LogP contribution is -2.37. The molecule has 4 nitrogen and oxygen atoms in total. The molecule has 14 heavy (non-hydrogen) atoms. The maximum Gasteiger partial charge on any atom is 0.236 e. The van der Waals surface area contributed by atoms with Crippen molar-refractivity contribution in [1.29, 1.82) is 0 Å². The van der Waals surface area contributed by atoms with E-state index in [1.54, 1.807) is 7.11 Å². The molecule has 1 N–H and O–H groups in total. The van der Waals surface area contributed by atoms with Gasteiger partial charge in [-0.25, -0.2) is 0 Å². The lowest BCUT2D eigenvalue weighted by molar-refractivity contribution is -0.129. The van der Waals surface area contributed by atoms with Crippen LogP contribution < -0.4 is 5.32 Å². The van der Waals surface area contributed by atoms with Crippen molar-refractivity contribution < 1.29 is 9.53 Å². The van der Waals surface area contributed by atoms with Gasteiger partial charge in [-0.15, -0.1) is 0 Å². The van der Waals surface area contributed by atoms with Gasteiger partial charge >= 0.3 is 0 Å². The van der Waals surface area contributed by atoms with Crippen molar-refractivity contribution >= 4 is 5.91 Å². The number of likely N-dealkylation sites (N-methyl/N-ethyl adjacent to an activating group) is 1. The summed E-state index contributed by atoms with van der Waals surface area (Å²) in [5.41, 5.74) is 0. The molecule has 0 saturated heterocycles. The summed E-state index contributed by atoms with van der Waals surface area (Å²) in [7, 11) is 3.53. The zero-order valence-electron chi connectivity index (χ0n) is 9.08. The Morgan fingerprint density at radius 2 is 2.29 bits per heavy atom. The number of amides is 1. The molecule has 0 atom stereocenters. The van der Waals surface area contributed by atoms with Gasteiger partial charge in [-0.05, 0) is 18.8 Å². The van der Waals surface area contributed by atoms with Gasteiger partial charge in [0.15, 0.2) is 0 Å². The lowest BCUT2D eigenvalue weighted by Gasteiger charge is -2.16. The Hall–Kier alpha value is -0.610. The van der Waals surface area contributed by atoms with Crippen LogP contribution in [0.1, 0.15) is 12.8 Å². The third kappa shape index (κ3) is 4.58. The van der Waals surface area contributed by atoms with E-state index in [1.807, 2.05) is 11.9 Å². The second kappa shape index (κ2) is 5.98. The minimum atomic E-state index is 0.174. The topological polar surface area (TPSA) is 41.6 Å². The fourth-order valence-corrected chi connectivity index (χ4v) is 1.29. The standard InChI is InChI=1S/C10H20N2O2/c1-12(8-9-3-4-9)10(13)7-11-5-6-14-2/h9,11H,3-8H2,1-2H3. The van der Waals surface area contributed by atoms with E-state index in [-0.39, 0.29) is 5.91 Å². The van der Waals surface area contributed by atoms with Gasteiger partial charge in [0.25, 0.3) is 0 Å². The maximum absolute atomic E-state index is 11.5. The number of carbonyl (C=O) groups is 1. The minimum Gasteiger partial charge on any atom is -0.383 e. The normalized spacial score (nSPS) is 15.6. The van der Waals surface area contributed by atoms with Crippen LogP contribution in [0.2, 0.25) is 0 Å². The van der Waals surface area contributed by atoms with Gasteiger partial charge in [-0.2, -0.15) is 0 Å². The molecule has 0 aromatic carbocycles. The summed E-state index contributed by atoms with van der Waals surface area (Å²) in [6.45, 7) is 2.73. The molecule has 1 amide bonds. The maximum atomic E-state index is 11.5. The van der Waals surface area contributed by atoms with Gasteiger partial charge in [0.1, 0.15) is 0 Å². The van der Waals surface area contributed by atoms with E-state index in [1.165, 1.54) is 12.8 Å². The molecule has 0 bridgehead atoms. The number of carbonyl (C=O) groups excluding carboxylic acids is 1. The molecule has 0 aliphatic heterocycles. The number of hydrogen-bond donors (Lipinski definition) is 1. The highest BCUT2D eigenvalue weighted by Crippen LogP contribution is 2.29. The van der Waals surface area contributed by atoms with E-state index in [9.17, 15) is 4.79 Å². The van der Waals surface area contributed by atoms with Gasteiger partial charge in [0, 0.05) is 27.2 Å². The van der Waals surface area contributed by atoms with Crippen LogP contribution in [0.3, 0.4) is 0 Å². The molecule has 1 aliphatic carbocycles. The molecular weight excluding hydrogens is 180 g/mol. The highest BCUT2D eigenvalue weighted by atomic mass is 16.5. The molecule has 1 saturated carbocycles.